The number of para-hydroxylation sites is 1. The first kappa shape index (κ1) is 23.1. The van der Waals surface area contributed by atoms with Crippen LogP contribution in [0.15, 0.2) is 84.9 Å². The molecule has 0 aromatic heterocycles. The quantitative estimate of drug-likeness (QED) is 0.271. The third-order valence-corrected chi connectivity index (χ3v) is 6.71. The van der Waals surface area contributed by atoms with Gasteiger partial charge in [0.25, 0.3) is 0 Å². The average Bonchev–Trinajstić information content (AvgIpc) is 2.90. The predicted molar refractivity (Wildman–Crippen MR) is 136 cm³/mol. The average molecular weight is 470 g/mol. The lowest BCUT2D eigenvalue weighted by molar-refractivity contribution is 0.0595. The van der Waals surface area contributed by atoms with Crippen molar-refractivity contribution >= 4 is 16.7 Å². The standard InChI is InChI=1S/C30H28FNO3/c1-34-30(33)27-17-22(13-14-28(27)31)26-18-23(35-29-12-5-4-11-25(26)29)19-32-16-15-21-9-6-8-20-7-2-3-10-24(20)21/h2-14,17,23,26,32H,15-16,18-19H2,1H3/t23-,26-/m1/s1. The SMILES string of the molecule is COC(=O)c1cc([C@H]2C[C@H](CNCCc3cccc4ccccc34)Oc3ccccc32)ccc1F. The molecule has 2 atom stereocenters. The Kier molecular flexibility index (Phi) is 6.77. The highest BCUT2D eigenvalue weighted by molar-refractivity contribution is 5.90. The van der Waals surface area contributed by atoms with Crippen LogP contribution in [0.1, 0.15) is 39.4 Å². The predicted octanol–water partition coefficient (Wildman–Crippen LogP) is 5.88. The van der Waals surface area contributed by atoms with Gasteiger partial charge in [-0.25, -0.2) is 9.18 Å². The lowest BCUT2D eigenvalue weighted by Crippen LogP contribution is -2.36. The van der Waals surface area contributed by atoms with Gasteiger partial charge < -0.3 is 14.8 Å². The van der Waals surface area contributed by atoms with Crippen molar-refractivity contribution in [3.63, 3.8) is 0 Å². The van der Waals surface area contributed by atoms with Gasteiger partial charge >= 0.3 is 5.97 Å². The van der Waals surface area contributed by atoms with Crippen LogP contribution < -0.4 is 10.1 Å². The smallest absolute Gasteiger partial charge is 0.340 e. The summed E-state index contributed by atoms with van der Waals surface area (Å²) < 4.78 is 25.3. The van der Waals surface area contributed by atoms with E-state index in [-0.39, 0.29) is 17.6 Å². The van der Waals surface area contributed by atoms with Gasteiger partial charge in [-0.2, -0.15) is 0 Å². The maximum atomic E-state index is 14.3. The summed E-state index contributed by atoms with van der Waals surface area (Å²) in [6.45, 7) is 1.53. The van der Waals surface area contributed by atoms with Crippen molar-refractivity contribution in [2.45, 2.75) is 24.9 Å². The van der Waals surface area contributed by atoms with Crippen LogP contribution in [0.5, 0.6) is 5.75 Å². The molecule has 4 nitrogen and oxygen atoms in total. The second kappa shape index (κ2) is 10.3. The van der Waals surface area contributed by atoms with Crippen molar-refractivity contribution in [2.75, 3.05) is 20.2 Å². The van der Waals surface area contributed by atoms with Crippen LogP contribution in [-0.4, -0.2) is 32.3 Å². The number of benzene rings is 4. The van der Waals surface area contributed by atoms with Gasteiger partial charge in [-0.05, 0) is 59.5 Å². The van der Waals surface area contributed by atoms with Gasteiger partial charge in [-0.3, -0.25) is 0 Å². The van der Waals surface area contributed by atoms with Crippen molar-refractivity contribution in [3.8, 4) is 5.75 Å². The largest absolute Gasteiger partial charge is 0.489 e. The molecular formula is C30H28FNO3. The molecule has 1 N–H and O–H groups in total. The van der Waals surface area contributed by atoms with Gasteiger partial charge in [-0.15, -0.1) is 0 Å². The number of carbonyl (C=O) groups excluding carboxylic acids is 1. The maximum Gasteiger partial charge on any atom is 0.340 e. The molecule has 5 heteroatoms. The van der Waals surface area contributed by atoms with Gasteiger partial charge in [0.1, 0.15) is 17.7 Å². The summed E-state index contributed by atoms with van der Waals surface area (Å²) in [6.07, 6.45) is 1.60. The lowest BCUT2D eigenvalue weighted by atomic mass is 9.83. The van der Waals surface area contributed by atoms with Gasteiger partial charge in [0.2, 0.25) is 0 Å². The summed E-state index contributed by atoms with van der Waals surface area (Å²) in [6, 6.07) is 27.5. The van der Waals surface area contributed by atoms with E-state index in [0.717, 1.165) is 36.3 Å². The summed E-state index contributed by atoms with van der Waals surface area (Å²) in [4.78, 5) is 12.1. The van der Waals surface area contributed by atoms with E-state index in [2.05, 4.69) is 47.8 Å². The van der Waals surface area contributed by atoms with Crippen LogP contribution in [0.4, 0.5) is 4.39 Å². The maximum absolute atomic E-state index is 14.3. The fourth-order valence-electron chi connectivity index (χ4n) is 4.96. The molecule has 0 spiro atoms. The van der Waals surface area contributed by atoms with E-state index in [1.807, 2.05) is 24.3 Å². The van der Waals surface area contributed by atoms with Crippen LogP contribution in [0, 0.1) is 5.82 Å². The van der Waals surface area contributed by atoms with Crippen LogP contribution in [-0.2, 0) is 11.2 Å². The first-order valence-electron chi connectivity index (χ1n) is 11.9. The van der Waals surface area contributed by atoms with Gasteiger partial charge in [0, 0.05) is 18.0 Å². The van der Waals surface area contributed by atoms with Crippen molar-refractivity contribution in [1.82, 2.24) is 5.32 Å². The highest BCUT2D eigenvalue weighted by Gasteiger charge is 2.30. The Balaban J connectivity index is 1.30. The summed E-state index contributed by atoms with van der Waals surface area (Å²) in [7, 11) is 1.26. The number of halogens is 1. The first-order valence-corrected chi connectivity index (χ1v) is 11.9. The second-order valence-electron chi connectivity index (χ2n) is 8.89. The van der Waals surface area contributed by atoms with E-state index in [1.54, 1.807) is 12.1 Å². The molecule has 0 fully saturated rings. The van der Waals surface area contributed by atoms with E-state index in [4.69, 9.17) is 9.47 Å². The van der Waals surface area contributed by atoms with Crippen LogP contribution in [0.2, 0.25) is 0 Å². The summed E-state index contributed by atoms with van der Waals surface area (Å²) >= 11 is 0. The van der Waals surface area contributed by atoms with Crippen LogP contribution in [0.3, 0.4) is 0 Å². The van der Waals surface area contributed by atoms with Crippen molar-refractivity contribution in [1.29, 1.82) is 0 Å². The molecule has 0 saturated carbocycles. The summed E-state index contributed by atoms with van der Waals surface area (Å²) in [5.74, 6) is -0.425. The Hall–Kier alpha value is -3.70. The van der Waals surface area contributed by atoms with E-state index < -0.39 is 11.8 Å². The Bertz CT molecular complexity index is 1350. The highest BCUT2D eigenvalue weighted by atomic mass is 19.1. The number of carbonyl (C=O) groups is 1. The Labute approximate surface area is 204 Å². The molecular weight excluding hydrogens is 441 g/mol. The van der Waals surface area contributed by atoms with Crippen molar-refractivity contribution in [2.24, 2.45) is 0 Å². The molecule has 4 aromatic rings. The molecule has 1 aliphatic heterocycles. The van der Waals surface area contributed by atoms with Crippen molar-refractivity contribution < 1.29 is 18.7 Å². The monoisotopic (exact) mass is 469 g/mol. The number of fused-ring (bicyclic) bond motifs is 2. The molecule has 0 saturated heterocycles. The molecule has 0 unspecified atom stereocenters. The minimum Gasteiger partial charge on any atom is -0.489 e. The number of methoxy groups -OCH3 is 1. The number of ether oxygens (including phenoxy) is 2. The molecule has 35 heavy (non-hydrogen) atoms. The van der Waals surface area contributed by atoms with Crippen LogP contribution >= 0.6 is 0 Å². The minimum atomic E-state index is -0.670. The number of esters is 1. The normalized spacial score (nSPS) is 17.0. The second-order valence-corrected chi connectivity index (χ2v) is 8.89. The molecule has 1 heterocycles. The molecule has 5 rings (SSSR count). The minimum absolute atomic E-state index is 0.00572. The number of nitrogens with one attached hydrogen (secondary N) is 1. The van der Waals surface area contributed by atoms with Gasteiger partial charge in [-0.1, -0.05) is 66.7 Å². The molecule has 4 aromatic carbocycles. The van der Waals surface area contributed by atoms with E-state index in [1.165, 1.54) is 29.5 Å². The van der Waals surface area contributed by atoms with Crippen LogP contribution in [0.25, 0.3) is 10.8 Å². The Morgan fingerprint density at radius 2 is 1.83 bits per heavy atom. The molecule has 0 bridgehead atoms. The zero-order valence-corrected chi connectivity index (χ0v) is 19.7. The zero-order valence-electron chi connectivity index (χ0n) is 19.7. The fraction of sp³-hybridized carbons (Fsp3) is 0.233. The first-order chi connectivity index (χ1) is 17.1. The fourth-order valence-corrected chi connectivity index (χ4v) is 4.96. The third-order valence-electron chi connectivity index (χ3n) is 6.71. The number of hydrogen-bond donors (Lipinski definition) is 1. The number of rotatable bonds is 7. The number of hydrogen-bond acceptors (Lipinski definition) is 4. The Morgan fingerprint density at radius 3 is 2.71 bits per heavy atom. The van der Waals surface area contributed by atoms with E-state index in [9.17, 15) is 9.18 Å². The van der Waals surface area contributed by atoms with E-state index >= 15 is 0 Å². The van der Waals surface area contributed by atoms with Gasteiger partial charge in [0.05, 0.1) is 12.7 Å². The van der Waals surface area contributed by atoms with Gasteiger partial charge in [0.15, 0.2) is 0 Å². The summed E-state index contributed by atoms with van der Waals surface area (Å²) in [5, 5.41) is 6.10. The summed E-state index contributed by atoms with van der Waals surface area (Å²) in [5.41, 5.74) is 3.20. The van der Waals surface area contributed by atoms with Crippen molar-refractivity contribution in [3.05, 3.63) is 113 Å². The molecule has 178 valence electrons. The highest BCUT2D eigenvalue weighted by Crippen LogP contribution is 2.40. The lowest BCUT2D eigenvalue weighted by Gasteiger charge is -2.33. The zero-order chi connectivity index (χ0) is 24.2. The van der Waals surface area contributed by atoms with E-state index in [0.29, 0.717) is 6.54 Å². The molecule has 0 amide bonds. The Morgan fingerprint density at radius 1 is 1.03 bits per heavy atom. The topological polar surface area (TPSA) is 47.6 Å². The molecule has 0 radical (unpaired) electrons. The molecule has 1 aliphatic rings. The molecule has 0 aliphatic carbocycles. The third kappa shape index (κ3) is 4.91.